The van der Waals surface area contributed by atoms with Gasteiger partial charge in [0.1, 0.15) is 12.2 Å². The molecule has 4 atom stereocenters. The quantitative estimate of drug-likeness (QED) is 0.131. The molecule has 2 N–H and O–H groups in total. The Morgan fingerprint density at radius 2 is 1.05 bits per heavy atom. The Kier molecular flexibility index (Phi) is 11.0. The zero-order valence-electron chi connectivity index (χ0n) is 24.0. The number of rotatable bonds is 14. The van der Waals surface area contributed by atoms with Crippen LogP contribution in [0.3, 0.4) is 0 Å². The molecule has 0 aliphatic heterocycles. The van der Waals surface area contributed by atoms with Gasteiger partial charge in [-0.2, -0.15) is 10.2 Å². The maximum absolute atomic E-state index is 12.7. The van der Waals surface area contributed by atoms with Crippen molar-refractivity contribution < 1.29 is 28.5 Å². The molecule has 42 heavy (non-hydrogen) atoms. The Hall–Kier alpha value is -4.36. The monoisotopic (exact) mass is 576 g/mol. The van der Waals surface area contributed by atoms with Crippen molar-refractivity contribution in [3.63, 3.8) is 0 Å². The highest BCUT2D eigenvalue weighted by Gasteiger charge is 2.28. The van der Waals surface area contributed by atoms with Crippen molar-refractivity contribution in [1.82, 2.24) is 30.2 Å². The van der Waals surface area contributed by atoms with Gasteiger partial charge in [0.25, 0.3) is 0 Å². The minimum atomic E-state index is -1.17. The summed E-state index contributed by atoms with van der Waals surface area (Å²) >= 11 is 0. The van der Waals surface area contributed by atoms with Crippen LogP contribution in [0, 0.1) is 0 Å². The number of aryl methyl sites for hydroxylation is 2. The van der Waals surface area contributed by atoms with Gasteiger partial charge in [-0.15, -0.1) is 0 Å². The number of likely N-dealkylation sites (N-methyl/N-ethyl adjacent to an activating group) is 2. The number of benzene rings is 2. The van der Waals surface area contributed by atoms with E-state index in [1.807, 2.05) is 86.9 Å². The van der Waals surface area contributed by atoms with Gasteiger partial charge in [-0.1, -0.05) is 60.7 Å². The molecule has 2 heterocycles. The van der Waals surface area contributed by atoms with E-state index in [0.717, 1.165) is 22.5 Å². The van der Waals surface area contributed by atoms with E-state index in [-0.39, 0.29) is 13.2 Å². The SMILES string of the molecule is CNC(COC(c1ccccc1)c1ccnn1C)OC(=O)C(=O)OC(COC(c1ccccc1)c1ccnn1C)NC. The van der Waals surface area contributed by atoms with Crippen molar-refractivity contribution in [2.24, 2.45) is 14.1 Å². The summed E-state index contributed by atoms with van der Waals surface area (Å²) in [5, 5.41) is 14.2. The molecular weight excluding hydrogens is 540 g/mol. The van der Waals surface area contributed by atoms with Crippen molar-refractivity contribution in [3.05, 3.63) is 108 Å². The second kappa shape index (κ2) is 15.0. The number of carbonyl (C=O) groups is 2. The first-order chi connectivity index (χ1) is 20.4. The number of esters is 2. The number of hydrogen-bond acceptors (Lipinski definition) is 10. The highest BCUT2D eigenvalue weighted by atomic mass is 16.6. The Labute approximate surface area is 244 Å². The Morgan fingerprint density at radius 1 is 0.667 bits per heavy atom. The van der Waals surface area contributed by atoms with Gasteiger partial charge in [-0.25, -0.2) is 9.59 Å². The summed E-state index contributed by atoms with van der Waals surface area (Å²) in [6.07, 6.45) is 0.593. The zero-order valence-corrected chi connectivity index (χ0v) is 24.0. The molecule has 4 unspecified atom stereocenters. The van der Waals surface area contributed by atoms with Crippen LogP contribution in [-0.2, 0) is 42.6 Å². The third-order valence-electron chi connectivity index (χ3n) is 6.60. The summed E-state index contributed by atoms with van der Waals surface area (Å²) in [6.45, 7) is -0.0788. The molecule has 0 amide bonds. The second-order valence-corrected chi connectivity index (χ2v) is 9.37. The van der Waals surface area contributed by atoms with Crippen molar-refractivity contribution in [3.8, 4) is 0 Å². The lowest BCUT2D eigenvalue weighted by Gasteiger charge is -2.24. The van der Waals surface area contributed by atoms with E-state index in [1.165, 1.54) is 0 Å². The fraction of sp³-hybridized carbons (Fsp3) is 0.333. The molecule has 4 rings (SSSR count). The average Bonchev–Trinajstić information content (AvgIpc) is 3.64. The summed E-state index contributed by atoms with van der Waals surface area (Å²) in [4.78, 5) is 25.3. The van der Waals surface area contributed by atoms with Gasteiger partial charge in [0.2, 0.25) is 0 Å². The first kappa shape index (κ1) is 30.6. The molecule has 0 saturated heterocycles. The number of ether oxygens (including phenoxy) is 4. The van der Waals surface area contributed by atoms with E-state index in [2.05, 4.69) is 20.8 Å². The summed E-state index contributed by atoms with van der Waals surface area (Å²) in [5.74, 6) is -2.33. The van der Waals surface area contributed by atoms with Crippen LogP contribution in [0.25, 0.3) is 0 Å². The fourth-order valence-corrected chi connectivity index (χ4v) is 4.32. The van der Waals surface area contributed by atoms with E-state index in [0.29, 0.717) is 0 Å². The highest BCUT2D eigenvalue weighted by Crippen LogP contribution is 2.27. The predicted molar refractivity (Wildman–Crippen MR) is 153 cm³/mol. The third kappa shape index (κ3) is 7.89. The van der Waals surface area contributed by atoms with Crippen LogP contribution in [0.1, 0.15) is 34.7 Å². The first-order valence-electron chi connectivity index (χ1n) is 13.5. The maximum Gasteiger partial charge on any atom is 0.419 e. The van der Waals surface area contributed by atoms with Gasteiger partial charge in [-0.05, 0) is 37.4 Å². The average molecular weight is 577 g/mol. The lowest BCUT2D eigenvalue weighted by molar-refractivity contribution is -0.180. The molecule has 0 fully saturated rings. The predicted octanol–water partition coefficient (Wildman–Crippen LogP) is 2.24. The summed E-state index contributed by atoms with van der Waals surface area (Å²) < 4.78 is 26.4. The smallest absolute Gasteiger partial charge is 0.419 e. The van der Waals surface area contributed by atoms with E-state index in [4.69, 9.17) is 18.9 Å². The molecule has 12 heteroatoms. The van der Waals surface area contributed by atoms with Gasteiger partial charge < -0.3 is 18.9 Å². The minimum Gasteiger partial charge on any atom is -0.436 e. The molecular formula is C30H36N6O6. The lowest BCUT2D eigenvalue weighted by Crippen LogP contribution is -2.42. The first-order valence-corrected chi connectivity index (χ1v) is 13.5. The van der Waals surface area contributed by atoms with Crippen LogP contribution in [0.15, 0.2) is 85.2 Å². The molecule has 0 aliphatic rings. The van der Waals surface area contributed by atoms with Crippen molar-refractivity contribution in [2.75, 3.05) is 27.3 Å². The van der Waals surface area contributed by atoms with Crippen LogP contribution in [0.2, 0.25) is 0 Å². The van der Waals surface area contributed by atoms with Crippen LogP contribution in [0.4, 0.5) is 0 Å². The van der Waals surface area contributed by atoms with Crippen molar-refractivity contribution in [1.29, 1.82) is 0 Å². The minimum absolute atomic E-state index is 0.0394. The number of hydrogen-bond donors (Lipinski definition) is 2. The molecule has 0 saturated carbocycles. The fourth-order valence-electron chi connectivity index (χ4n) is 4.32. The Bertz CT molecular complexity index is 1300. The normalized spacial score (nSPS) is 14.1. The lowest BCUT2D eigenvalue weighted by atomic mass is 10.1. The van der Waals surface area contributed by atoms with Gasteiger partial charge in [0.15, 0.2) is 12.5 Å². The van der Waals surface area contributed by atoms with Gasteiger partial charge in [-0.3, -0.25) is 20.0 Å². The number of aromatic nitrogens is 4. The molecule has 0 spiro atoms. The third-order valence-corrected chi connectivity index (χ3v) is 6.60. The molecule has 2 aromatic heterocycles. The number of nitrogens with zero attached hydrogens (tertiary/aromatic N) is 4. The molecule has 0 aliphatic carbocycles. The van der Waals surface area contributed by atoms with E-state index < -0.39 is 36.6 Å². The van der Waals surface area contributed by atoms with Crippen LogP contribution in [0.5, 0.6) is 0 Å². The summed E-state index contributed by atoms with van der Waals surface area (Å²) in [7, 11) is 6.84. The van der Waals surface area contributed by atoms with Crippen molar-refractivity contribution in [2.45, 2.75) is 24.7 Å². The van der Waals surface area contributed by atoms with Crippen LogP contribution in [-0.4, -0.2) is 71.3 Å². The summed E-state index contributed by atoms with van der Waals surface area (Å²) in [6, 6.07) is 22.9. The molecule has 4 aromatic rings. The van der Waals surface area contributed by atoms with E-state index >= 15 is 0 Å². The molecule has 0 bridgehead atoms. The molecule has 0 radical (unpaired) electrons. The van der Waals surface area contributed by atoms with E-state index in [1.54, 1.807) is 35.9 Å². The number of nitrogens with one attached hydrogen (secondary N) is 2. The standard InChI is InChI=1S/C30H36N6O6/c1-31-25(19-39-27(21-11-7-5-8-12-21)23-15-17-33-35(23)3)41-29(37)30(38)42-26(32-2)20-40-28(22-13-9-6-10-14-22)24-16-18-34-36(24)4/h5-18,25-28,31-32H,19-20H2,1-4H3. The Morgan fingerprint density at radius 3 is 1.36 bits per heavy atom. The van der Waals surface area contributed by atoms with Gasteiger partial charge >= 0.3 is 11.9 Å². The van der Waals surface area contributed by atoms with Gasteiger partial charge in [0.05, 0.1) is 24.6 Å². The van der Waals surface area contributed by atoms with E-state index in [9.17, 15) is 9.59 Å². The largest absolute Gasteiger partial charge is 0.436 e. The Balaban J connectivity index is 1.34. The number of carbonyl (C=O) groups excluding carboxylic acids is 2. The topological polar surface area (TPSA) is 131 Å². The van der Waals surface area contributed by atoms with Crippen LogP contribution >= 0.6 is 0 Å². The maximum atomic E-state index is 12.7. The van der Waals surface area contributed by atoms with Gasteiger partial charge in [0, 0.05) is 26.5 Å². The van der Waals surface area contributed by atoms with Crippen LogP contribution < -0.4 is 10.6 Å². The summed E-state index contributed by atoms with van der Waals surface area (Å²) in [5.41, 5.74) is 3.44. The second-order valence-electron chi connectivity index (χ2n) is 9.37. The highest BCUT2D eigenvalue weighted by molar-refractivity contribution is 6.29. The molecule has 222 valence electrons. The molecule has 2 aromatic carbocycles. The molecule has 12 nitrogen and oxygen atoms in total. The zero-order chi connectivity index (χ0) is 29.9. The van der Waals surface area contributed by atoms with Crippen molar-refractivity contribution >= 4 is 11.9 Å².